The molecule has 9 heteroatoms. The monoisotopic (exact) mass is 464 g/mol. The normalized spacial score (nSPS) is 12.5. The van der Waals surface area contributed by atoms with Crippen LogP contribution in [0, 0.1) is 24.4 Å². The van der Waals surface area contributed by atoms with Crippen LogP contribution in [0.25, 0.3) is 5.69 Å². The molecule has 1 atom stereocenters. The first-order chi connectivity index (χ1) is 12.2. The largest absolute Gasteiger partial charge is 0.382 e. The Morgan fingerprint density at radius 1 is 1.12 bits per heavy atom. The molecule has 3 rings (SSSR count). The molecule has 1 unspecified atom stereocenters. The van der Waals surface area contributed by atoms with E-state index in [1.807, 2.05) is 0 Å². The van der Waals surface area contributed by atoms with Crippen molar-refractivity contribution in [2.24, 2.45) is 0 Å². The Balaban J connectivity index is 2.25. The zero-order valence-electron chi connectivity index (χ0n) is 13.1. The van der Waals surface area contributed by atoms with Gasteiger partial charge in [0.1, 0.15) is 17.7 Å². The number of rotatable bonds is 3. The van der Waals surface area contributed by atoms with Crippen LogP contribution < -0.4 is 0 Å². The molecule has 0 amide bonds. The highest BCUT2D eigenvalue weighted by molar-refractivity contribution is 9.10. The van der Waals surface area contributed by atoms with Gasteiger partial charge in [0.05, 0.1) is 17.1 Å². The molecule has 1 heterocycles. The van der Waals surface area contributed by atoms with E-state index in [1.165, 1.54) is 6.07 Å². The maximum atomic E-state index is 14.4. The van der Waals surface area contributed by atoms with Crippen molar-refractivity contribution < 1.29 is 18.3 Å². The summed E-state index contributed by atoms with van der Waals surface area (Å²) in [6, 6.07) is 5.24. The quantitative estimate of drug-likeness (QED) is 0.534. The lowest BCUT2D eigenvalue weighted by molar-refractivity contribution is 0.212. The number of benzene rings is 2. The van der Waals surface area contributed by atoms with Gasteiger partial charge in [0.2, 0.25) is 5.28 Å². The zero-order valence-corrected chi connectivity index (χ0v) is 16.2. The molecule has 1 N–H and O–H groups in total. The molecule has 0 aliphatic rings. The van der Waals surface area contributed by atoms with E-state index >= 15 is 0 Å². The highest BCUT2D eigenvalue weighted by Gasteiger charge is 2.27. The molecule has 3 aromatic rings. The Morgan fingerprint density at radius 2 is 1.81 bits per heavy atom. The second-order valence-corrected chi connectivity index (χ2v) is 7.07. The number of aliphatic hydroxyl groups excluding tert-OH is 1. The molecule has 0 aliphatic carbocycles. The van der Waals surface area contributed by atoms with Crippen LogP contribution in [0.5, 0.6) is 0 Å². The fourth-order valence-electron chi connectivity index (χ4n) is 2.66. The van der Waals surface area contributed by atoms with E-state index in [0.29, 0.717) is 11.8 Å². The SMILES string of the molecule is Cc1nc(Cl)n(-c2c(F)cc(F)cc2Br)c1C(O)c1ccc(F)cc1Cl. The maximum absolute atomic E-state index is 14.4. The molecule has 1 aromatic heterocycles. The average Bonchev–Trinajstić information content (AvgIpc) is 2.80. The van der Waals surface area contributed by atoms with Gasteiger partial charge in [-0.3, -0.25) is 4.57 Å². The van der Waals surface area contributed by atoms with Gasteiger partial charge < -0.3 is 5.11 Å². The zero-order chi connectivity index (χ0) is 19.2. The van der Waals surface area contributed by atoms with Gasteiger partial charge in [-0.25, -0.2) is 18.2 Å². The van der Waals surface area contributed by atoms with Gasteiger partial charge in [-0.1, -0.05) is 17.7 Å². The van der Waals surface area contributed by atoms with E-state index in [1.54, 1.807) is 6.92 Å². The van der Waals surface area contributed by atoms with E-state index in [4.69, 9.17) is 23.2 Å². The topological polar surface area (TPSA) is 38.0 Å². The summed E-state index contributed by atoms with van der Waals surface area (Å²) in [6.07, 6.45) is -1.38. The molecule has 3 nitrogen and oxygen atoms in total. The summed E-state index contributed by atoms with van der Waals surface area (Å²) in [7, 11) is 0. The lowest BCUT2D eigenvalue weighted by atomic mass is 10.0. The smallest absolute Gasteiger partial charge is 0.208 e. The van der Waals surface area contributed by atoms with E-state index in [0.717, 1.165) is 22.8 Å². The number of imidazole rings is 1. The Morgan fingerprint density at radius 3 is 2.42 bits per heavy atom. The predicted molar refractivity (Wildman–Crippen MR) is 96.4 cm³/mol. The first kappa shape index (κ1) is 19.2. The van der Waals surface area contributed by atoms with Crippen LogP contribution in [0.15, 0.2) is 34.8 Å². The molecule has 0 fully saturated rings. The van der Waals surface area contributed by atoms with Gasteiger partial charge in [0, 0.05) is 21.1 Å². The van der Waals surface area contributed by atoms with Gasteiger partial charge >= 0.3 is 0 Å². The van der Waals surface area contributed by atoms with Crippen LogP contribution in [-0.4, -0.2) is 14.7 Å². The second-order valence-electron chi connectivity index (χ2n) is 5.47. The summed E-state index contributed by atoms with van der Waals surface area (Å²) in [5.41, 5.74) is 0.491. The summed E-state index contributed by atoms with van der Waals surface area (Å²) >= 11 is 15.2. The van der Waals surface area contributed by atoms with Crippen molar-refractivity contribution in [2.45, 2.75) is 13.0 Å². The average molecular weight is 466 g/mol. The lowest BCUT2D eigenvalue weighted by Crippen LogP contribution is -2.11. The first-order valence-corrected chi connectivity index (χ1v) is 8.78. The first-order valence-electron chi connectivity index (χ1n) is 7.23. The van der Waals surface area contributed by atoms with E-state index in [9.17, 15) is 18.3 Å². The molecule has 0 spiro atoms. The number of aromatic nitrogens is 2. The lowest BCUT2D eigenvalue weighted by Gasteiger charge is -2.18. The van der Waals surface area contributed by atoms with Gasteiger partial charge in [-0.15, -0.1) is 0 Å². The number of aryl methyl sites for hydroxylation is 1. The number of halogens is 6. The summed E-state index contributed by atoms with van der Waals surface area (Å²) in [5, 5.41) is 10.6. The van der Waals surface area contributed by atoms with E-state index in [-0.39, 0.29) is 31.7 Å². The van der Waals surface area contributed by atoms with Crippen LogP contribution in [0.1, 0.15) is 23.1 Å². The molecular weight excluding hydrogens is 456 g/mol. The summed E-state index contributed by atoms with van der Waals surface area (Å²) in [5.74, 6) is -2.26. The van der Waals surface area contributed by atoms with Crippen LogP contribution in [-0.2, 0) is 0 Å². The van der Waals surface area contributed by atoms with Crippen molar-refractivity contribution in [1.82, 2.24) is 9.55 Å². The molecule has 2 aromatic carbocycles. The third-order valence-corrected chi connectivity index (χ3v) is 4.96. The molecule has 0 bridgehead atoms. The van der Waals surface area contributed by atoms with Crippen LogP contribution >= 0.6 is 39.1 Å². The summed E-state index contributed by atoms with van der Waals surface area (Å²) in [4.78, 5) is 4.06. The molecule has 0 saturated carbocycles. The summed E-state index contributed by atoms with van der Waals surface area (Å²) in [6.45, 7) is 1.56. The van der Waals surface area contributed by atoms with Gasteiger partial charge in [-0.05, 0) is 52.7 Å². The fourth-order valence-corrected chi connectivity index (χ4v) is 3.82. The molecule has 0 aliphatic heterocycles. The van der Waals surface area contributed by atoms with Crippen LogP contribution in [0.3, 0.4) is 0 Å². The van der Waals surface area contributed by atoms with E-state index in [2.05, 4.69) is 20.9 Å². The summed E-state index contributed by atoms with van der Waals surface area (Å²) < 4.78 is 42.4. The fraction of sp³-hybridized carbons (Fsp3) is 0.118. The molecule has 136 valence electrons. The third-order valence-electron chi connectivity index (χ3n) is 3.78. The minimum absolute atomic E-state index is 0.0144. The van der Waals surface area contributed by atoms with Crippen molar-refractivity contribution in [2.75, 3.05) is 0 Å². The van der Waals surface area contributed by atoms with Crippen molar-refractivity contribution in [1.29, 1.82) is 0 Å². The van der Waals surface area contributed by atoms with Gasteiger partial charge in [0.15, 0.2) is 5.82 Å². The standard InChI is InChI=1S/C17H10BrCl2F3N2O/c1-7-14(16(26)10-3-2-8(21)5-12(10)19)25(17(20)24-7)15-11(18)4-9(22)6-13(15)23/h2-6,16,26H,1H3. The van der Waals surface area contributed by atoms with E-state index < -0.39 is 23.6 Å². The highest BCUT2D eigenvalue weighted by atomic mass is 79.9. The number of aliphatic hydroxyl groups is 1. The van der Waals surface area contributed by atoms with Crippen molar-refractivity contribution >= 4 is 39.1 Å². The Labute approximate surface area is 165 Å². The maximum Gasteiger partial charge on any atom is 0.208 e. The van der Waals surface area contributed by atoms with Crippen molar-refractivity contribution in [3.05, 3.63) is 79.5 Å². The second kappa shape index (κ2) is 7.23. The number of nitrogens with zero attached hydrogens (tertiary/aromatic N) is 2. The minimum Gasteiger partial charge on any atom is -0.382 e. The number of hydrogen-bond acceptors (Lipinski definition) is 2. The van der Waals surface area contributed by atoms with Crippen LogP contribution in [0.2, 0.25) is 10.3 Å². The molecular formula is C17H10BrCl2F3N2O. The van der Waals surface area contributed by atoms with Crippen molar-refractivity contribution in [3.8, 4) is 5.69 Å². The Hall–Kier alpha value is -1.54. The number of hydrogen-bond donors (Lipinski definition) is 1. The predicted octanol–water partition coefficient (Wildman–Crippen LogP) is 5.75. The molecule has 0 saturated heterocycles. The van der Waals surface area contributed by atoms with Crippen molar-refractivity contribution in [3.63, 3.8) is 0 Å². The highest BCUT2D eigenvalue weighted by Crippen LogP contribution is 2.37. The van der Waals surface area contributed by atoms with Gasteiger partial charge in [0.25, 0.3) is 0 Å². The van der Waals surface area contributed by atoms with Gasteiger partial charge in [-0.2, -0.15) is 0 Å². The Kier molecular flexibility index (Phi) is 5.35. The molecule has 0 radical (unpaired) electrons. The van der Waals surface area contributed by atoms with Crippen LogP contribution in [0.4, 0.5) is 13.2 Å². The molecule has 26 heavy (non-hydrogen) atoms. The Bertz CT molecular complexity index is 987. The third kappa shape index (κ3) is 3.36. The minimum atomic E-state index is -1.38.